The van der Waals surface area contributed by atoms with Crippen molar-refractivity contribution in [3.63, 3.8) is 0 Å². The molecule has 0 aromatic heterocycles. The van der Waals surface area contributed by atoms with Gasteiger partial charge in [-0.25, -0.2) is 0 Å². The SMILES string of the molecule is O=C(/C=C/c1ccc(Cl)cc1)N1CCN(C(c2ccccc2)c2ccccc2)CC1. The lowest BCUT2D eigenvalue weighted by Gasteiger charge is -2.39. The number of hydrogen-bond donors (Lipinski definition) is 0. The fourth-order valence-corrected chi connectivity index (χ4v) is 4.06. The second kappa shape index (κ2) is 9.75. The first-order chi connectivity index (χ1) is 14.7. The Bertz CT molecular complexity index is 939. The van der Waals surface area contributed by atoms with Crippen LogP contribution in [0.2, 0.25) is 5.02 Å². The van der Waals surface area contributed by atoms with Gasteiger partial charge in [-0.3, -0.25) is 9.69 Å². The van der Waals surface area contributed by atoms with E-state index in [1.54, 1.807) is 6.08 Å². The Labute approximate surface area is 183 Å². The summed E-state index contributed by atoms with van der Waals surface area (Å²) in [4.78, 5) is 17.0. The predicted octanol–water partition coefficient (Wildman–Crippen LogP) is 5.29. The van der Waals surface area contributed by atoms with E-state index in [-0.39, 0.29) is 11.9 Å². The van der Waals surface area contributed by atoms with E-state index in [0.29, 0.717) is 5.02 Å². The predicted molar refractivity (Wildman–Crippen MR) is 123 cm³/mol. The van der Waals surface area contributed by atoms with Crippen molar-refractivity contribution >= 4 is 23.6 Å². The molecule has 0 N–H and O–H groups in total. The minimum absolute atomic E-state index is 0.0561. The third kappa shape index (κ3) is 4.99. The summed E-state index contributed by atoms with van der Waals surface area (Å²) in [6.07, 6.45) is 3.51. The molecule has 4 heteroatoms. The Morgan fingerprint density at radius 2 is 1.30 bits per heavy atom. The summed E-state index contributed by atoms with van der Waals surface area (Å²) >= 11 is 5.92. The summed E-state index contributed by atoms with van der Waals surface area (Å²) in [5.74, 6) is 0.0561. The minimum atomic E-state index is 0.0561. The smallest absolute Gasteiger partial charge is 0.246 e. The van der Waals surface area contributed by atoms with E-state index in [4.69, 9.17) is 11.6 Å². The first-order valence-corrected chi connectivity index (χ1v) is 10.6. The standard InChI is InChI=1S/C26H25ClN2O/c27-24-14-11-21(12-15-24)13-16-25(30)28-17-19-29(20-18-28)26(22-7-3-1-4-8-22)23-9-5-2-6-10-23/h1-16,26H,17-20H2/b16-13+. The summed E-state index contributed by atoms with van der Waals surface area (Å²) in [5, 5.41) is 0.695. The lowest BCUT2D eigenvalue weighted by molar-refractivity contribution is -0.127. The largest absolute Gasteiger partial charge is 0.337 e. The molecular formula is C26H25ClN2O. The number of hydrogen-bond acceptors (Lipinski definition) is 2. The molecule has 0 radical (unpaired) electrons. The molecule has 0 bridgehead atoms. The van der Waals surface area contributed by atoms with Crippen molar-refractivity contribution in [1.82, 2.24) is 9.80 Å². The monoisotopic (exact) mass is 416 g/mol. The molecule has 1 aliphatic rings. The van der Waals surface area contributed by atoms with Crippen LogP contribution in [0.15, 0.2) is 91.0 Å². The van der Waals surface area contributed by atoms with Gasteiger partial charge < -0.3 is 4.90 Å². The quantitative estimate of drug-likeness (QED) is 0.528. The first-order valence-electron chi connectivity index (χ1n) is 10.3. The summed E-state index contributed by atoms with van der Waals surface area (Å²) < 4.78 is 0. The second-order valence-corrected chi connectivity index (χ2v) is 7.91. The first kappa shape index (κ1) is 20.4. The van der Waals surface area contributed by atoms with E-state index < -0.39 is 0 Å². The van der Waals surface area contributed by atoms with Gasteiger partial charge in [0.15, 0.2) is 0 Å². The second-order valence-electron chi connectivity index (χ2n) is 7.47. The molecule has 1 aliphatic heterocycles. The van der Waals surface area contributed by atoms with E-state index in [1.807, 2.05) is 35.2 Å². The van der Waals surface area contributed by atoms with Gasteiger partial charge in [-0.15, -0.1) is 0 Å². The van der Waals surface area contributed by atoms with E-state index in [9.17, 15) is 4.79 Å². The molecule has 3 aromatic rings. The highest BCUT2D eigenvalue weighted by Crippen LogP contribution is 2.29. The van der Waals surface area contributed by atoms with Gasteiger partial charge >= 0.3 is 0 Å². The van der Waals surface area contributed by atoms with Crippen LogP contribution in [0, 0.1) is 0 Å². The van der Waals surface area contributed by atoms with Crippen molar-refractivity contribution in [3.05, 3.63) is 113 Å². The molecule has 0 saturated carbocycles. The summed E-state index contributed by atoms with van der Waals surface area (Å²) in [6, 6.07) is 28.9. The van der Waals surface area contributed by atoms with Crippen molar-refractivity contribution in [1.29, 1.82) is 0 Å². The van der Waals surface area contributed by atoms with Gasteiger partial charge in [0, 0.05) is 37.3 Å². The fourth-order valence-electron chi connectivity index (χ4n) is 3.93. The van der Waals surface area contributed by atoms with Crippen molar-refractivity contribution in [2.45, 2.75) is 6.04 Å². The van der Waals surface area contributed by atoms with Crippen LogP contribution in [-0.2, 0) is 4.79 Å². The molecule has 0 spiro atoms. The van der Waals surface area contributed by atoms with Gasteiger partial charge in [0.25, 0.3) is 0 Å². The Morgan fingerprint density at radius 1 is 0.767 bits per heavy atom. The number of carbonyl (C=O) groups is 1. The van der Waals surface area contributed by atoms with Crippen molar-refractivity contribution in [2.75, 3.05) is 26.2 Å². The molecular weight excluding hydrogens is 392 g/mol. The summed E-state index contributed by atoms with van der Waals surface area (Å²) in [5.41, 5.74) is 3.54. The maximum absolute atomic E-state index is 12.6. The lowest BCUT2D eigenvalue weighted by Crippen LogP contribution is -2.49. The Morgan fingerprint density at radius 3 is 1.83 bits per heavy atom. The van der Waals surface area contributed by atoms with E-state index in [2.05, 4.69) is 65.6 Å². The van der Waals surface area contributed by atoms with Gasteiger partial charge in [-0.05, 0) is 34.9 Å². The zero-order chi connectivity index (χ0) is 20.8. The molecule has 1 heterocycles. The number of piperazine rings is 1. The molecule has 0 unspecified atom stereocenters. The summed E-state index contributed by atoms with van der Waals surface area (Å²) in [7, 11) is 0. The van der Waals surface area contributed by atoms with E-state index in [0.717, 1.165) is 31.7 Å². The number of amides is 1. The molecule has 30 heavy (non-hydrogen) atoms. The normalized spacial score (nSPS) is 15.1. The van der Waals surface area contributed by atoms with Crippen LogP contribution in [0.4, 0.5) is 0 Å². The van der Waals surface area contributed by atoms with Gasteiger partial charge in [0.2, 0.25) is 5.91 Å². The van der Waals surface area contributed by atoms with Crippen LogP contribution in [0.5, 0.6) is 0 Å². The van der Waals surface area contributed by atoms with Crippen molar-refractivity contribution in [2.24, 2.45) is 0 Å². The van der Waals surface area contributed by atoms with Gasteiger partial charge in [-0.2, -0.15) is 0 Å². The van der Waals surface area contributed by atoms with Crippen LogP contribution < -0.4 is 0 Å². The molecule has 4 rings (SSSR count). The third-order valence-electron chi connectivity index (χ3n) is 5.51. The van der Waals surface area contributed by atoms with Gasteiger partial charge in [-0.1, -0.05) is 84.4 Å². The Balaban J connectivity index is 1.43. The molecule has 152 valence electrons. The molecule has 1 saturated heterocycles. The van der Waals surface area contributed by atoms with Crippen LogP contribution in [0.25, 0.3) is 6.08 Å². The van der Waals surface area contributed by atoms with Crippen molar-refractivity contribution < 1.29 is 4.79 Å². The highest BCUT2D eigenvalue weighted by Gasteiger charge is 2.27. The number of nitrogens with zero attached hydrogens (tertiary/aromatic N) is 2. The average molecular weight is 417 g/mol. The highest BCUT2D eigenvalue weighted by atomic mass is 35.5. The summed E-state index contributed by atoms with van der Waals surface area (Å²) in [6.45, 7) is 3.13. The maximum Gasteiger partial charge on any atom is 0.246 e. The van der Waals surface area contributed by atoms with Gasteiger partial charge in [0.1, 0.15) is 0 Å². The van der Waals surface area contributed by atoms with Crippen LogP contribution in [0.3, 0.4) is 0 Å². The number of halogens is 1. The number of carbonyl (C=O) groups excluding carboxylic acids is 1. The van der Waals surface area contributed by atoms with Crippen LogP contribution in [-0.4, -0.2) is 41.9 Å². The molecule has 0 atom stereocenters. The molecule has 1 fully saturated rings. The lowest BCUT2D eigenvalue weighted by atomic mass is 9.96. The average Bonchev–Trinajstić information content (AvgIpc) is 2.81. The molecule has 0 aliphatic carbocycles. The van der Waals surface area contributed by atoms with Gasteiger partial charge in [0.05, 0.1) is 6.04 Å². The van der Waals surface area contributed by atoms with Crippen LogP contribution >= 0.6 is 11.6 Å². The molecule has 3 aromatic carbocycles. The zero-order valence-corrected chi connectivity index (χ0v) is 17.6. The number of rotatable bonds is 5. The minimum Gasteiger partial charge on any atom is -0.337 e. The third-order valence-corrected chi connectivity index (χ3v) is 5.76. The molecule has 1 amide bonds. The zero-order valence-electron chi connectivity index (χ0n) is 16.8. The van der Waals surface area contributed by atoms with E-state index in [1.165, 1.54) is 11.1 Å². The topological polar surface area (TPSA) is 23.6 Å². The van der Waals surface area contributed by atoms with Crippen LogP contribution in [0.1, 0.15) is 22.7 Å². The maximum atomic E-state index is 12.6. The highest BCUT2D eigenvalue weighted by molar-refractivity contribution is 6.30. The van der Waals surface area contributed by atoms with Crippen molar-refractivity contribution in [3.8, 4) is 0 Å². The van der Waals surface area contributed by atoms with E-state index >= 15 is 0 Å². The molecule has 3 nitrogen and oxygen atoms in total. The number of benzene rings is 3. The Kier molecular flexibility index (Phi) is 6.63. The Hall–Kier alpha value is -2.88. The fraction of sp³-hybridized carbons (Fsp3) is 0.192.